The molecule has 0 saturated heterocycles. The lowest BCUT2D eigenvalue weighted by Gasteiger charge is -2.17. The Bertz CT molecular complexity index is 1130. The molecule has 2 aromatic carbocycles. The molecule has 8 heteroatoms. The molecule has 0 aliphatic heterocycles. The normalized spacial score (nSPS) is 12.3. The van der Waals surface area contributed by atoms with Crippen LogP contribution in [0, 0.1) is 0 Å². The summed E-state index contributed by atoms with van der Waals surface area (Å²) in [4.78, 5) is 16.2. The van der Waals surface area contributed by atoms with Gasteiger partial charge in [-0.25, -0.2) is 9.78 Å². The van der Waals surface area contributed by atoms with E-state index in [1.807, 2.05) is 30.3 Å². The van der Waals surface area contributed by atoms with E-state index in [0.717, 1.165) is 5.56 Å². The number of halogens is 1. The minimum atomic E-state index is -0.503. The fourth-order valence-corrected chi connectivity index (χ4v) is 3.13. The second-order valence-corrected chi connectivity index (χ2v) is 6.39. The third kappa shape index (κ3) is 3.55. The van der Waals surface area contributed by atoms with Crippen LogP contribution in [0.1, 0.15) is 23.0 Å². The average Bonchev–Trinajstić information content (AvgIpc) is 3.19. The van der Waals surface area contributed by atoms with Crippen LogP contribution in [0.4, 0.5) is 0 Å². The van der Waals surface area contributed by atoms with Crippen molar-refractivity contribution >= 4 is 22.6 Å². The zero-order valence-corrected chi connectivity index (χ0v) is 14.8. The van der Waals surface area contributed by atoms with Gasteiger partial charge < -0.3 is 9.52 Å². The minimum absolute atomic E-state index is 0.138. The number of aromatic nitrogens is 3. The number of phenols is 1. The number of phenolic OH excluding ortho intramolecular Hbond substituents is 1. The number of fused-ring (bicyclic) bond motifs is 1. The van der Waals surface area contributed by atoms with Crippen LogP contribution < -0.4 is 10.9 Å². The van der Waals surface area contributed by atoms with Crippen LogP contribution in [0.3, 0.4) is 0 Å². The van der Waals surface area contributed by atoms with Crippen molar-refractivity contribution in [1.29, 1.82) is 0 Å². The fraction of sp³-hybridized carbons (Fsp3) is 0.105. The first-order chi connectivity index (χ1) is 13.1. The predicted molar refractivity (Wildman–Crippen MR) is 101 cm³/mol. The van der Waals surface area contributed by atoms with Gasteiger partial charge >= 0.3 is 5.63 Å². The van der Waals surface area contributed by atoms with Crippen molar-refractivity contribution in [3.05, 3.63) is 87.3 Å². The van der Waals surface area contributed by atoms with Gasteiger partial charge in [0.25, 0.3) is 0 Å². The molecular formula is C19H15ClN4O3. The number of aromatic amines is 1. The van der Waals surface area contributed by atoms with E-state index in [-0.39, 0.29) is 22.4 Å². The third-order valence-corrected chi connectivity index (χ3v) is 4.54. The lowest BCUT2D eigenvalue weighted by atomic mass is 10.0. The Morgan fingerprint density at radius 2 is 2.04 bits per heavy atom. The van der Waals surface area contributed by atoms with E-state index in [0.29, 0.717) is 23.3 Å². The van der Waals surface area contributed by atoms with Crippen LogP contribution >= 0.6 is 11.6 Å². The lowest BCUT2D eigenvalue weighted by molar-refractivity contribution is 0.473. The van der Waals surface area contributed by atoms with Crippen molar-refractivity contribution in [2.75, 3.05) is 0 Å². The van der Waals surface area contributed by atoms with Gasteiger partial charge in [-0.05, 0) is 17.2 Å². The topological polar surface area (TPSA) is 104 Å². The molecule has 0 amide bonds. The Morgan fingerprint density at radius 1 is 1.22 bits per heavy atom. The van der Waals surface area contributed by atoms with Gasteiger partial charge in [0.2, 0.25) is 0 Å². The molecule has 3 N–H and O–H groups in total. The molecule has 2 aromatic heterocycles. The number of aromatic hydroxyl groups is 1. The smallest absolute Gasteiger partial charge is 0.336 e. The van der Waals surface area contributed by atoms with Crippen LogP contribution in [-0.4, -0.2) is 20.3 Å². The summed E-state index contributed by atoms with van der Waals surface area (Å²) >= 11 is 6.03. The summed E-state index contributed by atoms with van der Waals surface area (Å²) in [6.45, 7) is 0.351. The van der Waals surface area contributed by atoms with Crippen molar-refractivity contribution in [3.8, 4) is 5.75 Å². The number of benzene rings is 2. The number of nitrogens with zero attached hydrogens (tertiary/aromatic N) is 2. The van der Waals surface area contributed by atoms with Crippen LogP contribution in [0.25, 0.3) is 11.0 Å². The maximum absolute atomic E-state index is 11.9. The standard InChI is InChI=1S/C19H15ClN4O3/c20-14-7-13-12(6-17(26)27-16(13)8-15(14)25)9-21-18(19-22-10-23-24-19)11-4-2-1-3-5-11/h1-8,10,18,21,25H,9H2,(H,22,23,24). The van der Waals surface area contributed by atoms with E-state index in [1.54, 1.807) is 6.07 Å². The first-order valence-corrected chi connectivity index (χ1v) is 8.58. The Labute approximate surface area is 158 Å². The number of rotatable bonds is 5. The van der Waals surface area contributed by atoms with Crippen LogP contribution in [-0.2, 0) is 6.54 Å². The number of hydrogen-bond donors (Lipinski definition) is 3. The summed E-state index contributed by atoms with van der Waals surface area (Å²) in [5.41, 5.74) is 1.47. The lowest BCUT2D eigenvalue weighted by Crippen LogP contribution is -2.24. The zero-order valence-electron chi connectivity index (χ0n) is 14.0. The average molecular weight is 383 g/mol. The molecule has 4 aromatic rings. The first-order valence-electron chi connectivity index (χ1n) is 8.20. The van der Waals surface area contributed by atoms with E-state index in [9.17, 15) is 9.90 Å². The van der Waals surface area contributed by atoms with Gasteiger partial charge in [0.15, 0.2) is 0 Å². The summed E-state index contributed by atoms with van der Waals surface area (Å²) in [7, 11) is 0. The Morgan fingerprint density at radius 3 is 2.78 bits per heavy atom. The summed E-state index contributed by atoms with van der Waals surface area (Å²) in [6.07, 6.45) is 1.45. The molecule has 1 unspecified atom stereocenters. The van der Waals surface area contributed by atoms with Gasteiger partial charge in [-0.15, -0.1) is 0 Å². The maximum atomic E-state index is 11.9. The molecule has 2 heterocycles. The number of nitrogens with one attached hydrogen (secondary N) is 2. The fourth-order valence-electron chi connectivity index (χ4n) is 2.97. The molecule has 1 atom stereocenters. The maximum Gasteiger partial charge on any atom is 0.336 e. The van der Waals surface area contributed by atoms with Crippen LogP contribution in [0.15, 0.2) is 64.1 Å². The second kappa shape index (κ2) is 7.22. The molecule has 0 bridgehead atoms. The van der Waals surface area contributed by atoms with E-state index in [1.165, 1.54) is 18.5 Å². The van der Waals surface area contributed by atoms with Crippen LogP contribution in [0.5, 0.6) is 5.75 Å². The van der Waals surface area contributed by atoms with Gasteiger partial charge in [0, 0.05) is 24.1 Å². The number of hydrogen-bond acceptors (Lipinski definition) is 6. The molecular weight excluding hydrogens is 368 g/mol. The van der Waals surface area contributed by atoms with E-state index in [4.69, 9.17) is 16.0 Å². The molecule has 27 heavy (non-hydrogen) atoms. The van der Waals surface area contributed by atoms with Gasteiger partial charge in [-0.1, -0.05) is 41.9 Å². The van der Waals surface area contributed by atoms with E-state index in [2.05, 4.69) is 20.5 Å². The van der Waals surface area contributed by atoms with E-state index >= 15 is 0 Å². The minimum Gasteiger partial charge on any atom is -0.506 e. The molecule has 0 spiro atoms. The molecule has 4 rings (SSSR count). The summed E-state index contributed by atoms with van der Waals surface area (Å²) in [5, 5.41) is 20.8. The highest BCUT2D eigenvalue weighted by Gasteiger charge is 2.17. The molecule has 0 radical (unpaired) electrons. The summed E-state index contributed by atoms with van der Waals surface area (Å²) in [6, 6.07) is 13.9. The monoisotopic (exact) mass is 382 g/mol. The molecule has 0 fully saturated rings. The van der Waals surface area contributed by atoms with Crippen molar-refractivity contribution < 1.29 is 9.52 Å². The quantitative estimate of drug-likeness (QED) is 0.458. The molecule has 7 nitrogen and oxygen atoms in total. The van der Waals surface area contributed by atoms with Gasteiger partial charge in [0.05, 0.1) is 11.1 Å². The molecule has 136 valence electrons. The summed E-state index contributed by atoms with van der Waals surface area (Å²) < 4.78 is 5.17. The molecule has 0 aliphatic carbocycles. The second-order valence-electron chi connectivity index (χ2n) is 5.99. The highest BCUT2D eigenvalue weighted by atomic mass is 35.5. The summed E-state index contributed by atoms with van der Waals surface area (Å²) in [5.74, 6) is 0.519. The SMILES string of the molecule is O=c1cc(CNC(c2ccccc2)c2ncn[nH]2)c2cc(Cl)c(O)cc2o1. The highest BCUT2D eigenvalue weighted by molar-refractivity contribution is 6.32. The van der Waals surface area contributed by atoms with Crippen molar-refractivity contribution in [1.82, 2.24) is 20.5 Å². The van der Waals surface area contributed by atoms with Gasteiger partial charge in [-0.3, -0.25) is 10.4 Å². The largest absolute Gasteiger partial charge is 0.506 e. The van der Waals surface area contributed by atoms with Crippen molar-refractivity contribution in [2.24, 2.45) is 0 Å². The number of H-pyrrole nitrogens is 1. The van der Waals surface area contributed by atoms with Crippen molar-refractivity contribution in [3.63, 3.8) is 0 Å². The van der Waals surface area contributed by atoms with Crippen LogP contribution in [0.2, 0.25) is 5.02 Å². The van der Waals surface area contributed by atoms with Crippen molar-refractivity contribution in [2.45, 2.75) is 12.6 Å². The Hall–Kier alpha value is -3.16. The first kappa shape index (κ1) is 17.3. The zero-order chi connectivity index (χ0) is 18.8. The predicted octanol–water partition coefficient (Wildman–Crippen LogP) is 3.15. The Kier molecular flexibility index (Phi) is 4.62. The Balaban J connectivity index is 1.71. The highest BCUT2D eigenvalue weighted by Crippen LogP contribution is 2.30. The van der Waals surface area contributed by atoms with Gasteiger partial charge in [-0.2, -0.15) is 5.10 Å². The van der Waals surface area contributed by atoms with Gasteiger partial charge in [0.1, 0.15) is 23.5 Å². The molecule has 0 aliphatic rings. The van der Waals surface area contributed by atoms with E-state index < -0.39 is 5.63 Å². The third-order valence-electron chi connectivity index (χ3n) is 4.23. The molecule has 0 saturated carbocycles.